The molecule has 1 amide bonds. The number of carbonyl (C=O) groups excluding carboxylic acids is 1. The number of likely N-dealkylation sites (tertiary alicyclic amines) is 1. The van der Waals surface area contributed by atoms with Crippen LogP contribution in [0, 0.1) is 6.92 Å². The van der Waals surface area contributed by atoms with E-state index >= 15 is 0 Å². The molecule has 3 aromatic heterocycles. The van der Waals surface area contributed by atoms with Crippen molar-refractivity contribution in [2.45, 2.75) is 83.9 Å². The number of piperidine rings is 1. The largest absolute Gasteiger partial charge is 0.444 e. The van der Waals surface area contributed by atoms with Crippen molar-refractivity contribution in [3.63, 3.8) is 0 Å². The van der Waals surface area contributed by atoms with Gasteiger partial charge in [-0.2, -0.15) is 0 Å². The fourth-order valence-electron chi connectivity index (χ4n) is 4.82. The first-order valence-corrected chi connectivity index (χ1v) is 12.6. The van der Waals surface area contributed by atoms with Crippen LogP contribution in [-0.2, 0) is 17.6 Å². The number of hydrogen-bond donors (Lipinski definition) is 0. The topological polar surface area (TPSA) is 68.2 Å². The van der Waals surface area contributed by atoms with Gasteiger partial charge in [0.1, 0.15) is 5.60 Å². The van der Waals surface area contributed by atoms with Crippen LogP contribution < -0.4 is 0 Å². The number of carbonyl (C=O) groups is 1. The zero-order chi connectivity index (χ0) is 24.8. The summed E-state index contributed by atoms with van der Waals surface area (Å²) >= 11 is 0. The van der Waals surface area contributed by atoms with Crippen LogP contribution in [0.3, 0.4) is 0 Å². The molecule has 184 valence electrons. The first kappa shape index (κ1) is 24.8. The van der Waals surface area contributed by atoms with Crippen molar-refractivity contribution < 1.29 is 9.53 Å². The Morgan fingerprint density at radius 2 is 1.83 bits per heavy atom. The van der Waals surface area contributed by atoms with Crippen molar-refractivity contribution >= 4 is 6.09 Å². The maximum Gasteiger partial charge on any atom is 0.411 e. The normalized spacial score (nSPS) is 18.3. The molecule has 2 unspecified atom stereocenters. The smallest absolute Gasteiger partial charge is 0.411 e. The van der Waals surface area contributed by atoms with E-state index in [9.17, 15) is 4.79 Å². The fraction of sp³-hybridized carbons (Fsp3) is 0.448. The Hall–Kier alpha value is -3.28. The number of amides is 1. The predicted octanol–water partition coefficient (Wildman–Crippen LogP) is 6.56. The van der Waals surface area contributed by atoms with Gasteiger partial charge in [-0.15, -0.1) is 0 Å². The second kappa shape index (κ2) is 11.0. The van der Waals surface area contributed by atoms with Crippen molar-refractivity contribution in [3.05, 3.63) is 89.3 Å². The second-order valence-corrected chi connectivity index (χ2v) is 10.3. The first-order valence-electron chi connectivity index (χ1n) is 12.6. The molecule has 35 heavy (non-hydrogen) atoms. The quantitative estimate of drug-likeness (QED) is 0.406. The Kier molecular flexibility index (Phi) is 7.79. The minimum Gasteiger partial charge on any atom is -0.444 e. The highest BCUT2D eigenvalue weighted by Crippen LogP contribution is 2.42. The summed E-state index contributed by atoms with van der Waals surface area (Å²) in [6.07, 6.45) is 10.8. The third-order valence-electron chi connectivity index (χ3n) is 6.39. The highest BCUT2D eigenvalue weighted by Gasteiger charge is 2.40. The van der Waals surface area contributed by atoms with Crippen LogP contribution in [-0.4, -0.2) is 31.5 Å². The van der Waals surface area contributed by atoms with Gasteiger partial charge in [-0.05, 0) is 102 Å². The second-order valence-electron chi connectivity index (χ2n) is 10.3. The van der Waals surface area contributed by atoms with Gasteiger partial charge in [0.05, 0.1) is 23.5 Å². The predicted molar refractivity (Wildman–Crippen MR) is 137 cm³/mol. The van der Waals surface area contributed by atoms with Crippen LogP contribution in [0.1, 0.15) is 86.7 Å². The molecule has 0 saturated carbocycles. The molecule has 2 atom stereocenters. The molecule has 0 bridgehead atoms. The standard InChI is InChI=1S/C29H36N4O2/c1-21-10-8-19-31-27(21)26-17-7-16-25(33(26)28(34)35-29(2,3)4)24-15-6-14-23(32-24)13-5-11-22-12-9-18-30-20-22/h6,8-10,12,14-15,18-20,25-26H,5,7,11,13,16-17H2,1-4H3. The molecule has 6 heteroatoms. The maximum absolute atomic E-state index is 13.5. The average Bonchev–Trinajstić information content (AvgIpc) is 2.84. The minimum atomic E-state index is -0.579. The van der Waals surface area contributed by atoms with Crippen LogP contribution in [0.5, 0.6) is 0 Å². The van der Waals surface area contributed by atoms with Gasteiger partial charge in [-0.25, -0.2) is 4.79 Å². The fourth-order valence-corrected chi connectivity index (χ4v) is 4.82. The lowest BCUT2D eigenvalue weighted by Crippen LogP contribution is -2.44. The number of hydrogen-bond acceptors (Lipinski definition) is 5. The van der Waals surface area contributed by atoms with E-state index in [1.54, 1.807) is 12.4 Å². The molecule has 0 aromatic carbocycles. The molecule has 1 aliphatic heterocycles. The van der Waals surface area contributed by atoms with Gasteiger partial charge in [0.15, 0.2) is 0 Å². The zero-order valence-electron chi connectivity index (χ0n) is 21.3. The summed E-state index contributed by atoms with van der Waals surface area (Å²) in [5.74, 6) is 0. The van der Waals surface area contributed by atoms with Crippen LogP contribution in [0.25, 0.3) is 0 Å². The van der Waals surface area contributed by atoms with E-state index in [0.29, 0.717) is 0 Å². The Morgan fingerprint density at radius 1 is 1.03 bits per heavy atom. The first-order chi connectivity index (χ1) is 16.8. The Labute approximate surface area is 208 Å². The van der Waals surface area contributed by atoms with Gasteiger partial charge in [-0.3, -0.25) is 19.9 Å². The van der Waals surface area contributed by atoms with Crippen molar-refractivity contribution in [2.24, 2.45) is 0 Å². The molecule has 0 N–H and O–H groups in total. The summed E-state index contributed by atoms with van der Waals surface area (Å²) < 4.78 is 5.89. The van der Waals surface area contributed by atoms with Crippen molar-refractivity contribution in [2.75, 3.05) is 0 Å². The molecule has 4 rings (SSSR count). The summed E-state index contributed by atoms with van der Waals surface area (Å²) in [5.41, 5.74) is 4.66. The van der Waals surface area contributed by atoms with Gasteiger partial charge < -0.3 is 4.74 Å². The van der Waals surface area contributed by atoms with Crippen LogP contribution in [0.4, 0.5) is 4.79 Å². The van der Waals surface area contributed by atoms with Gasteiger partial charge in [-0.1, -0.05) is 18.2 Å². The molecule has 0 radical (unpaired) electrons. The van der Waals surface area contributed by atoms with E-state index < -0.39 is 5.60 Å². The molecule has 0 aliphatic carbocycles. The van der Waals surface area contributed by atoms with Gasteiger partial charge in [0.25, 0.3) is 0 Å². The lowest BCUT2D eigenvalue weighted by Gasteiger charge is -2.42. The third kappa shape index (κ3) is 6.44. The molecule has 3 aromatic rings. The van der Waals surface area contributed by atoms with Crippen LogP contribution in [0.2, 0.25) is 0 Å². The molecule has 0 spiro atoms. The number of aromatic nitrogens is 3. The van der Waals surface area contributed by atoms with Crippen LogP contribution in [0.15, 0.2) is 61.1 Å². The summed E-state index contributed by atoms with van der Waals surface area (Å²) in [4.78, 5) is 29.3. The zero-order valence-corrected chi connectivity index (χ0v) is 21.3. The van der Waals surface area contributed by atoms with E-state index in [0.717, 1.165) is 61.2 Å². The van der Waals surface area contributed by atoms with E-state index in [4.69, 9.17) is 9.72 Å². The highest BCUT2D eigenvalue weighted by atomic mass is 16.6. The SMILES string of the molecule is Cc1cccnc1C1CCCC(c2cccc(CCCc3cccnc3)n2)N1C(=O)OC(C)(C)C. The Morgan fingerprint density at radius 3 is 2.57 bits per heavy atom. The maximum atomic E-state index is 13.5. The van der Waals surface area contributed by atoms with E-state index in [1.807, 2.05) is 50.1 Å². The van der Waals surface area contributed by atoms with Gasteiger partial charge >= 0.3 is 6.09 Å². The molecule has 4 heterocycles. The summed E-state index contributed by atoms with van der Waals surface area (Å²) in [6.45, 7) is 7.78. The number of pyridine rings is 3. The van der Waals surface area contributed by atoms with E-state index in [1.165, 1.54) is 5.56 Å². The van der Waals surface area contributed by atoms with Crippen molar-refractivity contribution in [3.8, 4) is 0 Å². The Balaban J connectivity index is 1.59. The Bertz CT molecular complexity index is 1130. The van der Waals surface area contributed by atoms with Crippen molar-refractivity contribution in [1.82, 2.24) is 19.9 Å². The molecule has 1 saturated heterocycles. The summed E-state index contributed by atoms with van der Waals surface area (Å²) in [5, 5.41) is 0. The lowest BCUT2D eigenvalue weighted by molar-refractivity contribution is -0.00806. The molecule has 6 nitrogen and oxygen atoms in total. The molecule has 1 fully saturated rings. The van der Waals surface area contributed by atoms with E-state index in [2.05, 4.69) is 41.2 Å². The summed E-state index contributed by atoms with van der Waals surface area (Å²) in [7, 11) is 0. The highest BCUT2D eigenvalue weighted by molar-refractivity contribution is 5.70. The summed E-state index contributed by atoms with van der Waals surface area (Å²) in [6, 6.07) is 14.0. The van der Waals surface area contributed by atoms with Gasteiger partial charge in [0.2, 0.25) is 0 Å². The number of rotatable bonds is 6. The number of ether oxygens (including phenoxy) is 1. The van der Waals surface area contributed by atoms with Crippen LogP contribution >= 0.6 is 0 Å². The lowest BCUT2D eigenvalue weighted by atomic mass is 9.90. The van der Waals surface area contributed by atoms with Crippen molar-refractivity contribution in [1.29, 1.82) is 0 Å². The number of aryl methyl sites for hydroxylation is 3. The molecular weight excluding hydrogens is 436 g/mol. The monoisotopic (exact) mass is 472 g/mol. The minimum absolute atomic E-state index is 0.138. The number of nitrogens with zero attached hydrogens (tertiary/aromatic N) is 4. The average molecular weight is 473 g/mol. The molecular formula is C29H36N4O2. The molecule has 1 aliphatic rings. The van der Waals surface area contributed by atoms with E-state index in [-0.39, 0.29) is 18.2 Å². The van der Waals surface area contributed by atoms with Gasteiger partial charge in [0, 0.05) is 24.3 Å². The third-order valence-corrected chi connectivity index (χ3v) is 6.39.